The van der Waals surface area contributed by atoms with Crippen molar-refractivity contribution < 1.29 is 14.3 Å². The number of aromatic nitrogens is 2. The van der Waals surface area contributed by atoms with E-state index < -0.39 is 22.9 Å². The molecule has 1 amide bonds. The molecule has 25 heavy (non-hydrogen) atoms. The highest BCUT2D eigenvalue weighted by Gasteiger charge is 2.35. The molecule has 0 aliphatic carbocycles. The molecule has 1 aromatic heterocycles. The van der Waals surface area contributed by atoms with Gasteiger partial charge in [0.25, 0.3) is 11.5 Å². The molecule has 1 aliphatic heterocycles. The molecule has 0 saturated carbocycles. The quantitative estimate of drug-likeness (QED) is 0.903. The van der Waals surface area contributed by atoms with Gasteiger partial charge in [0.05, 0.1) is 0 Å². The van der Waals surface area contributed by atoms with Crippen molar-refractivity contribution in [2.45, 2.75) is 26.1 Å². The maximum absolute atomic E-state index is 12.4. The van der Waals surface area contributed by atoms with Gasteiger partial charge in [0.2, 0.25) is 5.79 Å². The van der Waals surface area contributed by atoms with E-state index in [-0.39, 0.29) is 5.69 Å². The maximum atomic E-state index is 12.4. The SMILES string of the molecule is CC[C@@]1(C)Oc2ccc(NC(=O)c3cc(=O)n(C)c(=O)n3C)cc2O1. The molecule has 0 saturated heterocycles. The molecular formula is C17H19N3O5. The van der Waals surface area contributed by atoms with Crippen molar-refractivity contribution in [3.63, 3.8) is 0 Å². The first kappa shape index (κ1) is 16.8. The summed E-state index contributed by atoms with van der Waals surface area (Å²) < 4.78 is 13.6. The van der Waals surface area contributed by atoms with E-state index in [1.54, 1.807) is 18.2 Å². The monoisotopic (exact) mass is 345 g/mol. The molecular weight excluding hydrogens is 326 g/mol. The highest BCUT2D eigenvalue weighted by molar-refractivity contribution is 6.03. The zero-order valence-electron chi connectivity index (χ0n) is 14.5. The number of anilines is 1. The zero-order valence-corrected chi connectivity index (χ0v) is 14.5. The van der Waals surface area contributed by atoms with E-state index in [2.05, 4.69) is 5.32 Å². The minimum atomic E-state index is -0.722. The molecule has 2 heterocycles. The van der Waals surface area contributed by atoms with Gasteiger partial charge in [-0.15, -0.1) is 0 Å². The Labute approximate surface area is 143 Å². The summed E-state index contributed by atoms with van der Waals surface area (Å²) in [5, 5.41) is 2.67. The molecule has 1 aliphatic rings. The van der Waals surface area contributed by atoms with Crippen molar-refractivity contribution in [2.75, 3.05) is 5.32 Å². The van der Waals surface area contributed by atoms with Crippen LogP contribution in [0.25, 0.3) is 0 Å². The number of fused-ring (bicyclic) bond motifs is 1. The normalized spacial score (nSPS) is 18.2. The number of ether oxygens (including phenoxy) is 2. The van der Waals surface area contributed by atoms with Crippen LogP contribution in [0.5, 0.6) is 11.5 Å². The van der Waals surface area contributed by atoms with E-state index in [1.165, 1.54) is 14.1 Å². The summed E-state index contributed by atoms with van der Waals surface area (Å²) in [4.78, 5) is 36.1. The Morgan fingerprint density at radius 2 is 1.80 bits per heavy atom. The van der Waals surface area contributed by atoms with Crippen LogP contribution in [-0.2, 0) is 14.1 Å². The van der Waals surface area contributed by atoms with Crippen molar-refractivity contribution in [1.82, 2.24) is 9.13 Å². The van der Waals surface area contributed by atoms with Crippen molar-refractivity contribution in [3.8, 4) is 11.5 Å². The summed E-state index contributed by atoms with van der Waals surface area (Å²) in [7, 11) is 2.79. The molecule has 0 fully saturated rings. The third kappa shape index (κ3) is 2.90. The van der Waals surface area contributed by atoms with Gasteiger partial charge in [0.1, 0.15) is 5.69 Å². The average molecular weight is 345 g/mol. The van der Waals surface area contributed by atoms with Gasteiger partial charge in [-0.3, -0.25) is 18.7 Å². The van der Waals surface area contributed by atoms with Crippen LogP contribution in [0.15, 0.2) is 33.9 Å². The van der Waals surface area contributed by atoms with E-state index in [0.717, 1.165) is 15.2 Å². The minimum absolute atomic E-state index is 0.0239. The summed E-state index contributed by atoms with van der Waals surface area (Å²) >= 11 is 0. The summed E-state index contributed by atoms with van der Waals surface area (Å²) in [6.07, 6.45) is 0.665. The number of carbonyl (C=O) groups is 1. The van der Waals surface area contributed by atoms with Gasteiger partial charge in [-0.1, -0.05) is 6.92 Å². The number of benzene rings is 1. The van der Waals surface area contributed by atoms with Gasteiger partial charge in [0, 0.05) is 45.3 Å². The molecule has 1 aromatic carbocycles. The van der Waals surface area contributed by atoms with Crippen LogP contribution in [0.4, 0.5) is 5.69 Å². The Balaban J connectivity index is 1.88. The molecule has 0 unspecified atom stereocenters. The van der Waals surface area contributed by atoms with Crippen molar-refractivity contribution in [3.05, 3.63) is 50.8 Å². The second-order valence-electron chi connectivity index (χ2n) is 6.08. The predicted octanol–water partition coefficient (Wildman–Crippen LogP) is 1.23. The lowest BCUT2D eigenvalue weighted by Crippen LogP contribution is -2.40. The van der Waals surface area contributed by atoms with E-state index in [0.29, 0.717) is 23.6 Å². The lowest BCUT2D eigenvalue weighted by atomic mass is 10.2. The number of hydrogen-bond donors (Lipinski definition) is 1. The van der Waals surface area contributed by atoms with Crippen molar-refractivity contribution in [1.29, 1.82) is 0 Å². The summed E-state index contributed by atoms with van der Waals surface area (Å²) in [5.41, 5.74) is -0.662. The molecule has 0 radical (unpaired) electrons. The van der Waals surface area contributed by atoms with E-state index >= 15 is 0 Å². The number of amides is 1. The predicted molar refractivity (Wildman–Crippen MR) is 91.3 cm³/mol. The lowest BCUT2D eigenvalue weighted by molar-refractivity contribution is -0.0640. The first-order valence-electron chi connectivity index (χ1n) is 7.84. The van der Waals surface area contributed by atoms with Crippen LogP contribution in [0, 0.1) is 0 Å². The Morgan fingerprint density at radius 3 is 2.48 bits per heavy atom. The van der Waals surface area contributed by atoms with E-state index in [1.807, 2.05) is 13.8 Å². The fourth-order valence-corrected chi connectivity index (χ4v) is 2.53. The number of nitrogens with zero attached hydrogens (tertiary/aromatic N) is 2. The van der Waals surface area contributed by atoms with Crippen LogP contribution in [0.2, 0.25) is 0 Å². The van der Waals surface area contributed by atoms with Crippen molar-refractivity contribution in [2.24, 2.45) is 14.1 Å². The Kier molecular flexibility index (Phi) is 3.90. The number of nitrogens with one attached hydrogen (secondary N) is 1. The molecule has 0 spiro atoms. The number of hydrogen-bond acceptors (Lipinski definition) is 5. The fourth-order valence-electron chi connectivity index (χ4n) is 2.53. The topological polar surface area (TPSA) is 91.6 Å². The van der Waals surface area contributed by atoms with Crippen molar-refractivity contribution >= 4 is 11.6 Å². The second kappa shape index (κ2) is 5.80. The van der Waals surface area contributed by atoms with Crippen LogP contribution in [0.1, 0.15) is 30.8 Å². The van der Waals surface area contributed by atoms with Gasteiger partial charge in [-0.2, -0.15) is 0 Å². The third-order valence-corrected chi connectivity index (χ3v) is 4.25. The molecule has 0 bridgehead atoms. The highest BCUT2D eigenvalue weighted by atomic mass is 16.7. The third-order valence-electron chi connectivity index (χ3n) is 4.25. The van der Waals surface area contributed by atoms with Crippen LogP contribution in [0.3, 0.4) is 0 Å². The second-order valence-corrected chi connectivity index (χ2v) is 6.08. The summed E-state index contributed by atoms with van der Waals surface area (Å²) in [5.74, 6) is -0.154. The summed E-state index contributed by atoms with van der Waals surface area (Å²) in [6, 6.07) is 6.14. The zero-order chi connectivity index (χ0) is 18.4. The molecule has 3 rings (SSSR count). The molecule has 8 heteroatoms. The van der Waals surface area contributed by atoms with Gasteiger partial charge in [0.15, 0.2) is 11.5 Å². The fraction of sp³-hybridized carbons (Fsp3) is 0.353. The molecule has 1 N–H and O–H groups in total. The maximum Gasteiger partial charge on any atom is 0.331 e. The standard InChI is InChI=1S/C17H19N3O5/c1-5-17(2)24-12-7-6-10(8-13(12)25-17)18-15(22)11-9-14(21)20(4)16(23)19(11)3/h6-9H,5H2,1-4H3,(H,18,22)/t17-/m0/s1. The average Bonchev–Trinajstić information content (AvgIpc) is 2.92. The smallest absolute Gasteiger partial charge is 0.331 e. The first-order valence-corrected chi connectivity index (χ1v) is 7.84. The van der Waals surface area contributed by atoms with Crippen LogP contribution in [-0.4, -0.2) is 20.8 Å². The van der Waals surface area contributed by atoms with Gasteiger partial charge < -0.3 is 14.8 Å². The number of rotatable bonds is 3. The van der Waals surface area contributed by atoms with E-state index in [9.17, 15) is 14.4 Å². The summed E-state index contributed by atoms with van der Waals surface area (Å²) in [6.45, 7) is 3.78. The van der Waals surface area contributed by atoms with Gasteiger partial charge in [-0.25, -0.2) is 4.79 Å². The molecule has 2 aromatic rings. The van der Waals surface area contributed by atoms with Crippen LogP contribution >= 0.6 is 0 Å². The first-order chi connectivity index (χ1) is 11.7. The van der Waals surface area contributed by atoms with E-state index in [4.69, 9.17) is 9.47 Å². The molecule has 132 valence electrons. The molecule has 1 atom stereocenters. The Bertz CT molecular complexity index is 975. The highest BCUT2D eigenvalue weighted by Crippen LogP contribution is 2.42. The van der Waals surface area contributed by atoms with Gasteiger partial charge in [-0.05, 0) is 12.1 Å². The Morgan fingerprint density at radius 1 is 1.12 bits per heavy atom. The number of carbonyl (C=O) groups excluding carboxylic acids is 1. The molecule has 8 nitrogen and oxygen atoms in total. The lowest BCUT2D eigenvalue weighted by Gasteiger charge is -2.20. The minimum Gasteiger partial charge on any atom is -0.449 e. The van der Waals surface area contributed by atoms with Crippen LogP contribution < -0.4 is 26.0 Å². The van der Waals surface area contributed by atoms with Gasteiger partial charge >= 0.3 is 5.69 Å². The Hall–Kier alpha value is -3.03. The largest absolute Gasteiger partial charge is 0.449 e.